The van der Waals surface area contributed by atoms with Crippen LogP contribution < -0.4 is 0 Å². The second-order valence-electron chi connectivity index (χ2n) is 6.85. The minimum absolute atomic E-state index is 0.0245. The zero-order valence-electron chi connectivity index (χ0n) is 13.6. The number of hydrogen-bond acceptors (Lipinski definition) is 4. The fraction of sp³-hybridized carbons (Fsp3) is 0.529. The van der Waals surface area contributed by atoms with Gasteiger partial charge in [0.15, 0.2) is 0 Å². The molecular weight excluding hydrogens is 300 g/mol. The van der Waals surface area contributed by atoms with Gasteiger partial charge in [-0.25, -0.2) is 4.79 Å². The van der Waals surface area contributed by atoms with Gasteiger partial charge in [0.25, 0.3) is 0 Å². The number of fused-ring (bicyclic) bond motifs is 1. The van der Waals surface area contributed by atoms with Gasteiger partial charge < -0.3 is 4.74 Å². The van der Waals surface area contributed by atoms with Crippen LogP contribution >= 0.6 is 11.6 Å². The van der Waals surface area contributed by atoms with Crippen LogP contribution in [0.3, 0.4) is 0 Å². The first-order chi connectivity index (χ1) is 10.2. The van der Waals surface area contributed by atoms with Crippen molar-refractivity contribution >= 4 is 23.3 Å². The summed E-state index contributed by atoms with van der Waals surface area (Å²) < 4.78 is 5.24. The number of rotatable bonds is 4. The minimum atomic E-state index is -0.562. The normalized spacial score (nSPS) is 16.2. The summed E-state index contributed by atoms with van der Waals surface area (Å²) in [6.45, 7) is 9.09. The summed E-state index contributed by atoms with van der Waals surface area (Å²) in [5.74, 6) is -0.529. The van der Waals surface area contributed by atoms with Crippen molar-refractivity contribution < 1.29 is 9.53 Å². The molecule has 1 N–H and O–H groups in total. The molecule has 4 nitrogen and oxygen atoms in total. The van der Waals surface area contributed by atoms with E-state index in [-0.39, 0.29) is 11.8 Å². The number of halogens is 1. The molecule has 0 aliphatic carbocycles. The monoisotopic (exact) mass is 322 g/mol. The second kappa shape index (κ2) is 6.39. The molecule has 1 aromatic rings. The number of esters is 1. The molecule has 0 fully saturated rings. The Hall–Kier alpha value is -1.39. The molecule has 0 unspecified atom stereocenters. The minimum Gasteiger partial charge on any atom is -0.456 e. The predicted molar refractivity (Wildman–Crippen MR) is 88.3 cm³/mol. The van der Waals surface area contributed by atoms with Gasteiger partial charge in [-0.15, -0.1) is 0 Å². The largest absolute Gasteiger partial charge is 0.456 e. The number of nitrogens with one attached hydrogen (secondary N) is 1. The van der Waals surface area contributed by atoms with Crippen LogP contribution in [0.2, 0.25) is 5.02 Å². The summed E-state index contributed by atoms with van der Waals surface area (Å²) >= 11 is 6.02. The maximum Gasteiger partial charge on any atom is 0.352 e. The zero-order chi connectivity index (χ0) is 16.5. The maximum absolute atomic E-state index is 11.9. The van der Waals surface area contributed by atoms with E-state index in [1.165, 1.54) is 11.1 Å². The van der Waals surface area contributed by atoms with Crippen molar-refractivity contribution in [2.45, 2.75) is 58.8 Å². The van der Waals surface area contributed by atoms with E-state index in [2.05, 4.69) is 4.90 Å². The molecule has 5 heteroatoms. The fourth-order valence-corrected chi connectivity index (χ4v) is 2.74. The van der Waals surface area contributed by atoms with Gasteiger partial charge in [0.05, 0.1) is 0 Å². The summed E-state index contributed by atoms with van der Waals surface area (Å²) in [4.78, 5) is 14.1. The van der Waals surface area contributed by atoms with Gasteiger partial charge in [0.2, 0.25) is 0 Å². The molecule has 0 aromatic heterocycles. The second-order valence-corrected chi connectivity index (χ2v) is 7.29. The van der Waals surface area contributed by atoms with Crippen LogP contribution in [0.25, 0.3) is 0 Å². The van der Waals surface area contributed by atoms with E-state index in [4.69, 9.17) is 21.7 Å². The number of nitrogens with zero attached hydrogens (tertiary/aromatic N) is 1. The lowest BCUT2D eigenvalue weighted by Crippen LogP contribution is -2.34. The highest BCUT2D eigenvalue weighted by atomic mass is 35.5. The van der Waals surface area contributed by atoms with E-state index < -0.39 is 11.6 Å². The predicted octanol–water partition coefficient (Wildman–Crippen LogP) is 3.80. The molecule has 120 valence electrons. The first-order valence-corrected chi connectivity index (χ1v) is 7.85. The lowest BCUT2D eigenvalue weighted by Gasteiger charge is -2.25. The van der Waals surface area contributed by atoms with Gasteiger partial charge in [0.1, 0.15) is 11.3 Å². The average Bonchev–Trinajstić information content (AvgIpc) is 2.79. The molecule has 0 bridgehead atoms. The van der Waals surface area contributed by atoms with Gasteiger partial charge in [-0.05, 0) is 51.0 Å². The van der Waals surface area contributed by atoms with Crippen LogP contribution in [0, 0.1) is 5.41 Å². The van der Waals surface area contributed by atoms with Crippen LogP contribution in [0.1, 0.15) is 45.2 Å². The van der Waals surface area contributed by atoms with Gasteiger partial charge in [0, 0.05) is 30.6 Å². The van der Waals surface area contributed by atoms with Crippen molar-refractivity contribution in [2.24, 2.45) is 0 Å². The molecule has 1 aliphatic rings. The third kappa shape index (κ3) is 4.31. The van der Waals surface area contributed by atoms with Crippen LogP contribution in [-0.2, 0) is 22.6 Å². The van der Waals surface area contributed by atoms with Crippen LogP contribution in [0.15, 0.2) is 18.2 Å². The van der Waals surface area contributed by atoms with Crippen LogP contribution in [-0.4, -0.2) is 28.2 Å². The fourth-order valence-electron chi connectivity index (χ4n) is 2.55. The van der Waals surface area contributed by atoms with Crippen LogP contribution in [0.4, 0.5) is 0 Å². The highest BCUT2D eigenvalue weighted by molar-refractivity contribution is 6.35. The SMILES string of the molecule is C[C@H](CC(=N)C(=O)OC(C)(C)C)N1Cc2ccc(Cl)cc2C1. The smallest absolute Gasteiger partial charge is 0.352 e. The summed E-state index contributed by atoms with van der Waals surface area (Å²) in [5.41, 5.74) is 1.95. The Balaban J connectivity index is 1.93. The third-order valence-electron chi connectivity index (χ3n) is 3.68. The number of hydrogen-bond donors (Lipinski definition) is 1. The van der Waals surface area contributed by atoms with Crippen molar-refractivity contribution in [2.75, 3.05) is 0 Å². The van der Waals surface area contributed by atoms with E-state index in [1.54, 1.807) is 0 Å². The summed E-state index contributed by atoms with van der Waals surface area (Å²) in [7, 11) is 0. The molecule has 0 amide bonds. The molecule has 2 rings (SSSR count). The van der Waals surface area contributed by atoms with E-state index in [1.807, 2.05) is 45.9 Å². The molecule has 0 radical (unpaired) electrons. The number of carbonyl (C=O) groups excluding carboxylic acids is 1. The van der Waals surface area contributed by atoms with Gasteiger partial charge in [-0.1, -0.05) is 17.7 Å². The highest BCUT2D eigenvalue weighted by Gasteiger charge is 2.27. The Morgan fingerprint density at radius 1 is 1.36 bits per heavy atom. The van der Waals surface area contributed by atoms with Crippen molar-refractivity contribution in [3.8, 4) is 0 Å². The summed E-state index contributed by atoms with van der Waals surface area (Å²) in [6.07, 6.45) is 0.386. The van der Waals surface area contributed by atoms with Crippen molar-refractivity contribution in [1.29, 1.82) is 5.41 Å². The van der Waals surface area contributed by atoms with Gasteiger partial charge in [-0.3, -0.25) is 10.3 Å². The van der Waals surface area contributed by atoms with Crippen molar-refractivity contribution in [3.05, 3.63) is 34.3 Å². The topological polar surface area (TPSA) is 53.4 Å². The van der Waals surface area contributed by atoms with Crippen molar-refractivity contribution in [3.63, 3.8) is 0 Å². The molecule has 1 heterocycles. The van der Waals surface area contributed by atoms with E-state index in [0.29, 0.717) is 6.42 Å². The zero-order valence-corrected chi connectivity index (χ0v) is 14.3. The first-order valence-electron chi connectivity index (χ1n) is 7.48. The van der Waals surface area contributed by atoms with E-state index in [9.17, 15) is 4.79 Å². The summed E-state index contributed by atoms with van der Waals surface area (Å²) in [5, 5.41) is 8.69. The lowest BCUT2D eigenvalue weighted by atomic mass is 10.1. The number of ether oxygens (including phenoxy) is 1. The standard InChI is InChI=1S/C17H23ClN2O2/c1-11(7-15(19)16(21)22-17(2,3)4)20-9-12-5-6-14(18)8-13(12)10-20/h5-6,8,11,19H,7,9-10H2,1-4H3/t11-/m1/s1. The Labute approximate surface area is 136 Å². The van der Waals surface area contributed by atoms with E-state index in [0.717, 1.165) is 18.1 Å². The van der Waals surface area contributed by atoms with Crippen LogP contribution in [0.5, 0.6) is 0 Å². The molecule has 0 saturated carbocycles. The Bertz CT molecular complexity index is 593. The maximum atomic E-state index is 11.9. The Morgan fingerprint density at radius 2 is 2.00 bits per heavy atom. The Kier molecular flexibility index (Phi) is 4.93. The van der Waals surface area contributed by atoms with Gasteiger partial charge >= 0.3 is 5.97 Å². The third-order valence-corrected chi connectivity index (χ3v) is 3.92. The lowest BCUT2D eigenvalue weighted by molar-refractivity contribution is -0.146. The summed E-state index contributed by atoms with van der Waals surface area (Å²) in [6, 6.07) is 6.04. The average molecular weight is 323 g/mol. The molecule has 1 aliphatic heterocycles. The number of benzene rings is 1. The van der Waals surface area contributed by atoms with Gasteiger partial charge in [-0.2, -0.15) is 0 Å². The first kappa shape index (κ1) is 17.0. The molecule has 0 saturated heterocycles. The highest BCUT2D eigenvalue weighted by Crippen LogP contribution is 2.28. The molecule has 0 spiro atoms. The molecule has 1 atom stereocenters. The Morgan fingerprint density at radius 3 is 2.64 bits per heavy atom. The molecular formula is C17H23ClN2O2. The molecule has 1 aromatic carbocycles. The molecule has 22 heavy (non-hydrogen) atoms. The van der Waals surface area contributed by atoms with Crippen molar-refractivity contribution in [1.82, 2.24) is 4.90 Å². The quantitative estimate of drug-likeness (QED) is 0.677. The van der Waals surface area contributed by atoms with E-state index >= 15 is 0 Å². The number of carbonyl (C=O) groups is 1.